The number of nitrogens with one attached hydrogen (secondary N) is 1. The molecule has 0 aromatic carbocycles. The highest BCUT2D eigenvalue weighted by molar-refractivity contribution is 5.93. The number of carbonyl (C=O) groups is 1. The summed E-state index contributed by atoms with van der Waals surface area (Å²) in [7, 11) is 1.63. The molecule has 1 rings (SSSR count). The van der Waals surface area contributed by atoms with Crippen molar-refractivity contribution < 1.29 is 14.6 Å². The normalized spacial score (nSPS) is 10.1. The van der Waals surface area contributed by atoms with Gasteiger partial charge in [0.2, 0.25) is 0 Å². The molecule has 0 aliphatic rings. The van der Waals surface area contributed by atoms with Gasteiger partial charge >= 0.3 is 5.97 Å². The summed E-state index contributed by atoms with van der Waals surface area (Å²) in [6.45, 7) is 3.11. The first-order valence-corrected chi connectivity index (χ1v) is 5.09. The fraction of sp³-hybridized carbons (Fsp3) is 0.455. The molecule has 0 fully saturated rings. The van der Waals surface area contributed by atoms with E-state index < -0.39 is 5.97 Å². The number of methoxy groups -OCH3 is 1. The van der Waals surface area contributed by atoms with E-state index in [0.29, 0.717) is 19.0 Å². The van der Waals surface area contributed by atoms with E-state index >= 15 is 0 Å². The summed E-state index contributed by atoms with van der Waals surface area (Å²) in [5.41, 5.74) is 0.988. The van der Waals surface area contributed by atoms with Gasteiger partial charge in [0.1, 0.15) is 11.4 Å². The number of ether oxygens (including phenoxy) is 1. The van der Waals surface area contributed by atoms with Gasteiger partial charge in [0.15, 0.2) is 0 Å². The summed E-state index contributed by atoms with van der Waals surface area (Å²) >= 11 is 0. The number of aromatic nitrogens is 1. The van der Waals surface area contributed by atoms with E-state index in [2.05, 4.69) is 10.3 Å². The number of anilines is 1. The Labute approximate surface area is 94.5 Å². The monoisotopic (exact) mass is 224 g/mol. The summed E-state index contributed by atoms with van der Waals surface area (Å²) in [5.74, 6) is -0.551. The lowest BCUT2D eigenvalue weighted by Crippen LogP contribution is -2.11. The SMILES string of the molecule is COCCCNc1nc(C)ccc1C(=O)O. The van der Waals surface area contributed by atoms with Gasteiger partial charge in [0.25, 0.3) is 0 Å². The minimum absolute atomic E-state index is 0.197. The van der Waals surface area contributed by atoms with Crippen molar-refractivity contribution in [1.29, 1.82) is 0 Å². The lowest BCUT2D eigenvalue weighted by molar-refractivity contribution is 0.0697. The molecule has 0 aliphatic carbocycles. The first kappa shape index (κ1) is 12.4. The van der Waals surface area contributed by atoms with Crippen LogP contribution < -0.4 is 5.32 Å². The van der Waals surface area contributed by atoms with Crippen LogP contribution in [0.1, 0.15) is 22.5 Å². The molecule has 0 spiro atoms. The van der Waals surface area contributed by atoms with Crippen LogP contribution >= 0.6 is 0 Å². The number of hydrogen-bond acceptors (Lipinski definition) is 4. The van der Waals surface area contributed by atoms with Crippen LogP contribution in [0.15, 0.2) is 12.1 Å². The zero-order chi connectivity index (χ0) is 12.0. The Morgan fingerprint density at radius 1 is 1.56 bits per heavy atom. The second-order valence-electron chi connectivity index (χ2n) is 3.43. The zero-order valence-electron chi connectivity index (χ0n) is 9.49. The molecule has 0 saturated carbocycles. The Morgan fingerprint density at radius 3 is 2.94 bits per heavy atom. The molecule has 0 amide bonds. The van der Waals surface area contributed by atoms with E-state index in [9.17, 15) is 4.79 Å². The second kappa shape index (κ2) is 6.07. The highest BCUT2D eigenvalue weighted by atomic mass is 16.5. The molecule has 0 saturated heterocycles. The highest BCUT2D eigenvalue weighted by Gasteiger charge is 2.10. The van der Waals surface area contributed by atoms with Crippen LogP contribution in [0, 0.1) is 6.92 Å². The van der Waals surface area contributed by atoms with Gasteiger partial charge in [0.05, 0.1) is 0 Å². The molecule has 1 heterocycles. The number of rotatable bonds is 6. The maximum Gasteiger partial charge on any atom is 0.339 e. The Bertz CT molecular complexity index is 366. The molecule has 1 aromatic rings. The van der Waals surface area contributed by atoms with Crippen molar-refractivity contribution in [2.24, 2.45) is 0 Å². The van der Waals surface area contributed by atoms with Crippen LogP contribution in [0.4, 0.5) is 5.82 Å². The fourth-order valence-electron chi connectivity index (χ4n) is 1.29. The van der Waals surface area contributed by atoms with Crippen LogP contribution in [-0.4, -0.2) is 36.3 Å². The van der Waals surface area contributed by atoms with Gasteiger partial charge in [-0.3, -0.25) is 0 Å². The van der Waals surface area contributed by atoms with Gasteiger partial charge in [-0.15, -0.1) is 0 Å². The molecule has 5 nitrogen and oxygen atoms in total. The number of nitrogens with zero attached hydrogens (tertiary/aromatic N) is 1. The Kier molecular flexibility index (Phi) is 4.72. The molecule has 88 valence electrons. The number of carboxylic acids is 1. The molecular formula is C11H16N2O3. The molecule has 0 radical (unpaired) electrons. The standard InChI is InChI=1S/C11H16N2O3/c1-8-4-5-9(11(14)15)10(13-8)12-6-3-7-16-2/h4-5H,3,6-7H2,1-2H3,(H,12,13)(H,14,15). The quantitative estimate of drug-likeness (QED) is 0.717. The molecule has 2 N–H and O–H groups in total. The van der Waals surface area contributed by atoms with E-state index in [1.54, 1.807) is 19.2 Å². The Hall–Kier alpha value is -1.62. The first-order valence-electron chi connectivity index (χ1n) is 5.09. The third-order valence-corrected chi connectivity index (χ3v) is 2.08. The molecule has 0 bridgehead atoms. The minimum atomic E-state index is -0.971. The summed E-state index contributed by atoms with van der Waals surface area (Å²) in [4.78, 5) is 15.1. The van der Waals surface area contributed by atoms with E-state index in [0.717, 1.165) is 12.1 Å². The summed E-state index contributed by atoms with van der Waals surface area (Å²) in [6.07, 6.45) is 0.811. The van der Waals surface area contributed by atoms with E-state index in [1.807, 2.05) is 6.92 Å². The van der Waals surface area contributed by atoms with Gasteiger partial charge in [-0.05, 0) is 25.5 Å². The Balaban J connectivity index is 2.68. The lowest BCUT2D eigenvalue weighted by atomic mass is 10.2. The fourth-order valence-corrected chi connectivity index (χ4v) is 1.29. The Morgan fingerprint density at radius 2 is 2.31 bits per heavy atom. The molecule has 1 aromatic heterocycles. The number of pyridine rings is 1. The molecule has 0 unspecified atom stereocenters. The molecule has 5 heteroatoms. The van der Waals surface area contributed by atoms with Crippen molar-refractivity contribution in [2.45, 2.75) is 13.3 Å². The third kappa shape index (κ3) is 3.51. The minimum Gasteiger partial charge on any atom is -0.478 e. The van der Waals surface area contributed by atoms with E-state index in [-0.39, 0.29) is 5.56 Å². The first-order chi connectivity index (χ1) is 7.65. The van der Waals surface area contributed by atoms with Crippen molar-refractivity contribution in [2.75, 3.05) is 25.6 Å². The van der Waals surface area contributed by atoms with Crippen LogP contribution in [0.2, 0.25) is 0 Å². The van der Waals surface area contributed by atoms with Crippen molar-refractivity contribution in [1.82, 2.24) is 4.98 Å². The molecular weight excluding hydrogens is 208 g/mol. The summed E-state index contributed by atoms with van der Waals surface area (Å²) in [5, 5.41) is 12.0. The summed E-state index contributed by atoms with van der Waals surface area (Å²) < 4.78 is 4.90. The van der Waals surface area contributed by atoms with Crippen LogP contribution in [0.5, 0.6) is 0 Å². The average Bonchev–Trinajstić information content (AvgIpc) is 2.24. The van der Waals surface area contributed by atoms with Crippen LogP contribution in [0.3, 0.4) is 0 Å². The smallest absolute Gasteiger partial charge is 0.339 e. The second-order valence-corrected chi connectivity index (χ2v) is 3.43. The molecule has 0 aliphatic heterocycles. The van der Waals surface area contributed by atoms with Crippen molar-refractivity contribution in [3.8, 4) is 0 Å². The third-order valence-electron chi connectivity index (χ3n) is 2.08. The predicted octanol–water partition coefficient (Wildman–Crippen LogP) is 1.54. The van der Waals surface area contributed by atoms with Crippen molar-refractivity contribution >= 4 is 11.8 Å². The van der Waals surface area contributed by atoms with Crippen molar-refractivity contribution in [3.63, 3.8) is 0 Å². The molecule has 16 heavy (non-hydrogen) atoms. The highest BCUT2D eigenvalue weighted by Crippen LogP contribution is 2.13. The van der Waals surface area contributed by atoms with Crippen molar-refractivity contribution in [3.05, 3.63) is 23.4 Å². The van der Waals surface area contributed by atoms with E-state index in [1.165, 1.54) is 0 Å². The van der Waals surface area contributed by atoms with Gasteiger partial charge < -0.3 is 15.2 Å². The van der Waals surface area contributed by atoms with Crippen LogP contribution in [-0.2, 0) is 4.74 Å². The number of hydrogen-bond donors (Lipinski definition) is 2. The predicted molar refractivity (Wildman–Crippen MR) is 60.9 cm³/mol. The number of aryl methyl sites for hydroxylation is 1. The topological polar surface area (TPSA) is 71.5 Å². The maximum absolute atomic E-state index is 10.9. The van der Waals surface area contributed by atoms with Gasteiger partial charge in [-0.25, -0.2) is 9.78 Å². The average molecular weight is 224 g/mol. The number of carboxylic acid groups (broad SMARTS) is 1. The number of aromatic carboxylic acids is 1. The van der Waals surface area contributed by atoms with Crippen LogP contribution in [0.25, 0.3) is 0 Å². The van der Waals surface area contributed by atoms with Gasteiger partial charge in [-0.1, -0.05) is 0 Å². The maximum atomic E-state index is 10.9. The van der Waals surface area contributed by atoms with Gasteiger partial charge in [0, 0.05) is 26.0 Å². The lowest BCUT2D eigenvalue weighted by Gasteiger charge is -2.08. The van der Waals surface area contributed by atoms with E-state index in [4.69, 9.17) is 9.84 Å². The largest absolute Gasteiger partial charge is 0.478 e. The molecule has 0 atom stereocenters. The van der Waals surface area contributed by atoms with Gasteiger partial charge in [-0.2, -0.15) is 0 Å². The zero-order valence-corrected chi connectivity index (χ0v) is 9.49. The summed E-state index contributed by atoms with van der Waals surface area (Å²) in [6, 6.07) is 3.24.